The van der Waals surface area contributed by atoms with Crippen LogP contribution in [0.5, 0.6) is 0 Å². The smallest absolute Gasteiger partial charge is 0.229 e. The van der Waals surface area contributed by atoms with Crippen molar-refractivity contribution in [3.8, 4) is 0 Å². The minimum Gasteiger partial charge on any atom is -0.371 e. The standard InChI is InChI=1S/C12H13Cl2N5OS/c1-15-11-10(19-21(2)20)6-16-12(18-11)17-7-3-4-8(13)9(14)5-7/h3-6,19H,1-2H3,(H2,15,16,17,18). The molecule has 0 saturated carbocycles. The first-order valence-corrected chi connectivity index (χ1v) is 8.18. The van der Waals surface area contributed by atoms with Crippen LogP contribution in [0, 0.1) is 0 Å². The van der Waals surface area contributed by atoms with Gasteiger partial charge in [0.05, 0.1) is 16.2 Å². The molecule has 1 unspecified atom stereocenters. The van der Waals surface area contributed by atoms with Gasteiger partial charge in [0.1, 0.15) is 16.7 Å². The molecule has 112 valence electrons. The maximum Gasteiger partial charge on any atom is 0.229 e. The van der Waals surface area contributed by atoms with Crippen molar-refractivity contribution in [1.82, 2.24) is 9.97 Å². The van der Waals surface area contributed by atoms with Crippen LogP contribution in [-0.2, 0) is 11.0 Å². The predicted molar refractivity (Wildman–Crippen MR) is 89.0 cm³/mol. The fourth-order valence-electron chi connectivity index (χ4n) is 1.57. The molecule has 1 aromatic heterocycles. The van der Waals surface area contributed by atoms with E-state index in [2.05, 4.69) is 25.3 Å². The summed E-state index contributed by atoms with van der Waals surface area (Å²) in [6, 6.07) is 5.13. The minimum absolute atomic E-state index is 0.380. The molecule has 0 aliphatic rings. The number of nitrogens with zero attached hydrogens (tertiary/aromatic N) is 2. The van der Waals surface area contributed by atoms with Gasteiger partial charge in [-0.2, -0.15) is 4.98 Å². The van der Waals surface area contributed by atoms with Crippen LogP contribution in [0.2, 0.25) is 10.0 Å². The number of halogens is 2. The largest absolute Gasteiger partial charge is 0.371 e. The first-order chi connectivity index (χ1) is 9.99. The molecule has 1 heterocycles. The summed E-state index contributed by atoms with van der Waals surface area (Å²) >= 11 is 11.8. The topological polar surface area (TPSA) is 78.9 Å². The molecule has 0 spiro atoms. The highest BCUT2D eigenvalue weighted by Crippen LogP contribution is 2.27. The number of benzene rings is 1. The van der Waals surface area contributed by atoms with Crippen LogP contribution in [-0.4, -0.2) is 27.5 Å². The highest BCUT2D eigenvalue weighted by molar-refractivity contribution is 7.85. The van der Waals surface area contributed by atoms with Gasteiger partial charge < -0.3 is 15.4 Å². The Morgan fingerprint density at radius 2 is 2.00 bits per heavy atom. The van der Waals surface area contributed by atoms with E-state index in [1.54, 1.807) is 31.4 Å². The number of rotatable bonds is 5. The number of aromatic nitrogens is 2. The third-order valence-electron chi connectivity index (χ3n) is 2.45. The molecule has 1 aromatic carbocycles. The Hall–Kier alpha value is -1.57. The van der Waals surface area contributed by atoms with E-state index in [0.717, 1.165) is 0 Å². The average molecular weight is 346 g/mol. The second-order valence-electron chi connectivity index (χ2n) is 4.02. The Morgan fingerprint density at radius 3 is 2.62 bits per heavy atom. The van der Waals surface area contributed by atoms with E-state index < -0.39 is 11.0 Å². The summed E-state index contributed by atoms with van der Waals surface area (Å²) in [6.45, 7) is 0. The Morgan fingerprint density at radius 1 is 1.24 bits per heavy atom. The molecule has 2 rings (SSSR count). The van der Waals surface area contributed by atoms with Crippen LogP contribution in [0.4, 0.5) is 23.1 Å². The molecule has 0 radical (unpaired) electrons. The molecule has 1 atom stereocenters. The van der Waals surface area contributed by atoms with E-state index in [1.807, 2.05) is 0 Å². The molecule has 3 N–H and O–H groups in total. The molecule has 0 fully saturated rings. The second kappa shape index (κ2) is 6.93. The van der Waals surface area contributed by atoms with E-state index >= 15 is 0 Å². The molecule has 9 heteroatoms. The van der Waals surface area contributed by atoms with Crippen molar-refractivity contribution < 1.29 is 4.21 Å². The minimum atomic E-state index is -1.20. The zero-order chi connectivity index (χ0) is 15.4. The normalized spacial score (nSPS) is 11.8. The summed E-state index contributed by atoms with van der Waals surface area (Å²) in [5.74, 6) is 0.910. The SMILES string of the molecule is CNc1nc(Nc2ccc(Cl)c(Cl)c2)ncc1NS(C)=O. The molecule has 21 heavy (non-hydrogen) atoms. The van der Waals surface area contributed by atoms with E-state index in [0.29, 0.717) is 33.2 Å². The summed E-state index contributed by atoms with van der Waals surface area (Å²) in [4.78, 5) is 8.44. The fourth-order valence-corrected chi connectivity index (χ4v) is 2.32. The van der Waals surface area contributed by atoms with Gasteiger partial charge in [0.2, 0.25) is 5.95 Å². The van der Waals surface area contributed by atoms with Crippen molar-refractivity contribution in [3.05, 3.63) is 34.4 Å². The van der Waals surface area contributed by atoms with Crippen molar-refractivity contribution in [3.63, 3.8) is 0 Å². The van der Waals surface area contributed by atoms with Crippen molar-refractivity contribution >= 4 is 57.3 Å². The molecule has 6 nitrogen and oxygen atoms in total. The zero-order valence-corrected chi connectivity index (χ0v) is 13.6. The Balaban J connectivity index is 2.24. The van der Waals surface area contributed by atoms with Crippen LogP contribution in [0.15, 0.2) is 24.4 Å². The first-order valence-electron chi connectivity index (χ1n) is 5.86. The quantitative estimate of drug-likeness (QED) is 0.774. The molecular weight excluding hydrogens is 333 g/mol. The van der Waals surface area contributed by atoms with Gasteiger partial charge in [-0.3, -0.25) is 0 Å². The Bertz CT molecular complexity index is 683. The van der Waals surface area contributed by atoms with Crippen LogP contribution in [0.25, 0.3) is 0 Å². The summed E-state index contributed by atoms with van der Waals surface area (Å²) in [6.07, 6.45) is 3.07. The average Bonchev–Trinajstić information content (AvgIpc) is 2.44. The van der Waals surface area contributed by atoms with E-state index in [1.165, 1.54) is 6.26 Å². The van der Waals surface area contributed by atoms with Crippen LogP contribution in [0.1, 0.15) is 0 Å². The monoisotopic (exact) mass is 345 g/mol. The third-order valence-corrected chi connectivity index (χ3v) is 3.70. The second-order valence-corrected chi connectivity index (χ2v) is 5.94. The molecule has 0 aliphatic heterocycles. The maximum absolute atomic E-state index is 11.2. The number of hydrogen-bond acceptors (Lipinski definition) is 5. The van der Waals surface area contributed by atoms with Crippen molar-refractivity contribution in [2.24, 2.45) is 0 Å². The Labute approximate surface area is 134 Å². The summed E-state index contributed by atoms with van der Waals surface area (Å²) in [5.41, 5.74) is 1.27. The van der Waals surface area contributed by atoms with Crippen LogP contribution < -0.4 is 15.4 Å². The van der Waals surface area contributed by atoms with Gasteiger partial charge in [-0.25, -0.2) is 9.19 Å². The van der Waals surface area contributed by atoms with Crippen LogP contribution >= 0.6 is 23.2 Å². The molecule has 2 aromatic rings. The van der Waals surface area contributed by atoms with Crippen molar-refractivity contribution in [1.29, 1.82) is 0 Å². The first kappa shape index (κ1) is 15.8. The summed E-state index contributed by atoms with van der Waals surface area (Å²) in [7, 11) is 0.516. The highest BCUT2D eigenvalue weighted by atomic mass is 35.5. The lowest BCUT2D eigenvalue weighted by Gasteiger charge is -2.11. The van der Waals surface area contributed by atoms with Gasteiger partial charge >= 0.3 is 0 Å². The van der Waals surface area contributed by atoms with Gasteiger partial charge in [-0.1, -0.05) is 23.2 Å². The lowest BCUT2D eigenvalue weighted by atomic mass is 10.3. The van der Waals surface area contributed by atoms with E-state index in [-0.39, 0.29) is 0 Å². The third kappa shape index (κ3) is 4.20. The summed E-state index contributed by atoms with van der Waals surface area (Å²) < 4.78 is 14.0. The molecule has 0 saturated heterocycles. The van der Waals surface area contributed by atoms with Crippen LogP contribution in [0.3, 0.4) is 0 Å². The molecular formula is C12H13Cl2N5OS. The molecule has 0 bridgehead atoms. The zero-order valence-electron chi connectivity index (χ0n) is 11.3. The number of anilines is 4. The van der Waals surface area contributed by atoms with Crippen molar-refractivity contribution in [2.45, 2.75) is 0 Å². The number of nitrogens with one attached hydrogen (secondary N) is 3. The molecule has 0 aliphatic carbocycles. The van der Waals surface area contributed by atoms with Gasteiger partial charge in [0, 0.05) is 19.0 Å². The van der Waals surface area contributed by atoms with Gasteiger partial charge in [0.25, 0.3) is 0 Å². The lowest BCUT2D eigenvalue weighted by Crippen LogP contribution is -2.08. The number of hydrogen-bond donors (Lipinski definition) is 3. The molecule has 0 amide bonds. The maximum atomic E-state index is 11.2. The fraction of sp³-hybridized carbons (Fsp3) is 0.167. The predicted octanol–water partition coefficient (Wildman–Crippen LogP) is 3.27. The lowest BCUT2D eigenvalue weighted by molar-refractivity contribution is 0.690. The Kier molecular flexibility index (Phi) is 5.22. The van der Waals surface area contributed by atoms with Gasteiger partial charge in [0.15, 0.2) is 5.82 Å². The summed E-state index contributed by atoms with van der Waals surface area (Å²) in [5, 5.41) is 6.85. The van der Waals surface area contributed by atoms with Gasteiger partial charge in [-0.05, 0) is 18.2 Å². The van der Waals surface area contributed by atoms with Gasteiger partial charge in [-0.15, -0.1) is 0 Å². The highest BCUT2D eigenvalue weighted by Gasteiger charge is 2.08. The van der Waals surface area contributed by atoms with E-state index in [4.69, 9.17) is 23.2 Å². The van der Waals surface area contributed by atoms with Crippen molar-refractivity contribution in [2.75, 3.05) is 28.7 Å². The van der Waals surface area contributed by atoms with E-state index in [9.17, 15) is 4.21 Å².